The highest BCUT2D eigenvalue weighted by atomic mass is 35.5. The number of hydrogen-bond donors (Lipinski definition) is 1. The monoisotopic (exact) mass is 424 g/mol. The van der Waals surface area contributed by atoms with Crippen LogP contribution in [0.1, 0.15) is 26.3 Å². The number of nitrogens with zero attached hydrogens (tertiary/aromatic N) is 1. The number of benzene rings is 2. The molecule has 152 valence electrons. The molecule has 0 saturated heterocycles. The normalized spacial score (nSPS) is 12.1. The minimum absolute atomic E-state index is 0.0793. The first-order valence-corrected chi connectivity index (χ1v) is 10.5. The van der Waals surface area contributed by atoms with Crippen molar-refractivity contribution in [1.29, 1.82) is 0 Å². The molecule has 0 aliphatic rings. The van der Waals surface area contributed by atoms with E-state index in [0.29, 0.717) is 16.5 Å². The number of carbonyl (C=O) groups is 1. The molecule has 0 bridgehead atoms. The Morgan fingerprint density at radius 1 is 1.14 bits per heavy atom. The summed E-state index contributed by atoms with van der Waals surface area (Å²) in [6.45, 7) is 5.81. The van der Waals surface area contributed by atoms with Gasteiger partial charge in [-0.15, -0.1) is 0 Å². The largest absolute Gasteiger partial charge is 0.495 e. The molecule has 0 spiro atoms. The Bertz CT molecular complexity index is 951. The van der Waals surface area contributed by atoms with Crippen LogP contribution in [0.2, 0.25) is 5.02 Å². The lowest BCUT2D eigenvalue weighted by molar-refractivity contribution is -0.116. The smallest absolute Gasteiger partial charge is 0.243 e. The number of carbonyl (C=O) groups excluding carboxylic acids is 1. The van der Waals surface area contributed by atoms with Crippen LogP contribution in [0.25, 0.3) is 0 Å². The second-order valence-electron chi connectivity index (χ2n) is 7.43. The summed E-state index contributed by atoms with van der Waals surface area (Å²) in [5.41, 5.74) is 1.32. The van der Waals surface area contributed by atoms with E-state index in [0.717, 1.165) is 9.87 Å². The first-order valence-electron chi connectivity index (χ1n) is 8.65. The summed E-state index contributed by atoms with van der Waals surface area (Å²) < 4.78 is 31.7. The molecule has 0 radical (unpaired) electrons. The van der Waals surface area contributed by atoms with Crippen molar-refractivity contribution in [3.63, 3.8) is 0 Å². The van der Waals surface area contributed by atoms with E-state index in [-0.39, 0.29) is 16.9 Å². The molecular formula is C20H25ClN2O4S. The van der Waals surface area contributed by atoms with E-state index in [9.17, 15) is 13.2 Å². The number of anilines is 1. The molecule has 2 aromatic rings. The van der Waals surface area contributed by atoms with Crippen LogP contribution in [0.4, 0.5) is 5.69 Å². The second-order valence-corrected chi connectivity index (χ2v) is 9.91. The average molecular weight is 425 g/mol. The highest BCUT2D eigenvalue weighted by Gasteiger charge is 2.24. The SMILES string of the molecule is COc1ccc(Cl)cc1NC(=O)CN(C)S(=O)(=O)c1ccc(C(C)(C)C)cc1. The molecule has 8 heteroatoms. The number of methoxy groups -OCH3 is 1. The Labute approximate surface area is 171 Å². The Hall–Kier alpha value is -2.09. The Morgan fingerprint density at radius 2 is 1.75 bits per heavy atom. The molecule has 0 unspecified atom stereocenters. The fourth-order valence-electron chi connectivity index (χ4n) is 2.56. The van der Waals surface area contributed by atoms with Gasteiger partial charge in [-0.05, 0) is 41.3 Å². The van der Waals surface area contributed by atoms with E-state index in [1.165, 1.54) is 20.2 Å². The molecule has 0 aromatic heterocycles. The molecule has 0 aliphatic heterocycles. The minimum atomic E-state index is -3.80. The summed E-state index contributed by atoms with van der Waals surface area (Å²) in [5, 5.41) is 3.06. The van der Waals surface area contributed by atoms with E-state index in [1.54, 1.807) is 36.4 Å². The molecule has 0 aliphatic carbocycles. The number of ether oxygens (including phenoxy) is 1. The van der Waals surface area contributed by atoms with Crippen molar-refractivity contribution in [2.45, 2.75) is 31.1 Å². The standard InChI is InChI=1S/C20H25ClN2O4S/c1-20(2,3)14-6-9-16(10-7-14)28(25,26)23(4)13-19(24)22-17-12-15(21)8-11-18(17)27-5/h6-12H,13H2,1-5H3,(H,22,24). The van der Waals surface area contributed by atoms with Crippen LogP contribution in [0.15, 0.2) is 47.4 Å². The molecule has 0 atom stereocenters. The van der Waals surface area contributed by atoms with Gasteiger partial charge in [-0.2, -0.15) is 4.31 Å². The van der Waals surface area contributed by atoms with Gasteiger partial charge in [0.05, 0.1) is 24.2 Å². The van der Waals surface area contributed by atoms with Crippen LogP contribution < -0.4 is 10.1 Å². The minimum Gasteiger partial charge on any atom is -0.495 e. The van der Waals surface area contributed by atoms with Gasteiger partial charge in [0, 0.05) is 12.1 Å². The second kappa shape index (κ2) is 8.51. The summed E-state index contributed by atoms with van der Waals surface area (Å²) in [4.78, 5) is 12.5. The third-order valence-electron chi connectivity index (χ3n) is 4.23. The summed E-state index contributed by atoms with van der Waals surface area (Å²) >= 11 is 5.95. The number of sulfonamides is 1. The van der Waals surface area contributed by atoms with Gasteiger partial charge in [-0.25, -0.2) is 8.42 Å². The first-order chi connectivity index (χ1) is 12.9. The van der Waals surface area contributed by atoms with Gasteiger partial charge in [0.15, 0.2) is 0 Å². The summed E-state index contributed by atoms with van der Waals surface area (Å²) in [5.74, 6) is -0.0704. The van der Waals surface area contributed by atoms with Gasteiger partial charge >= 0.3 is 0 Å². The molecule has 0 saturated carbocycles. The predicted octanol–water partition coefficient (Wildman–Crippen LogP) is 3.91. The lowest BCUT2D eigenvalue weighted by Crippen LogP contribution is -2.35. The molecule has 6 nitrogen and oxygen atoms in total. The number of likely N-dealkylation sites (N-methyl/N-ethyl adjacent to an activating group) is 1. The lowest BCUT2D eigenvalue weighted by atomic mass is 9.87. The molecule has 0 fully saturated rings. The van der Waals surface area contributed by atoms with Gasteiger partial charge in [-0.3, -0.25) is 4.79 Å². The average Bonchev–Trinajstić information content (AvgIpc) is 2.61. The quantitative estimate of drug-likeness (QED) is 0.762. The van der Waals surface area contributed by atoms with Crippen molar-refractivity contribution < 1.29 is 17.9 Å². The zero-order valence-electron chi connectivity index (χ0n) is 16.6. The molecular weight excluding hydrogens is 400 g/mol. The topological polar surface area (TPSA) is 75.7 Å². The maximum absolute atomic E-state index is 12.8. The molecule has 1 amide bonds. The molecule has 2 aromatic carbocycles. The number of nitrogens with one attached hydrogen (secondary N) is 1. The molecule has 1 N–H and O–H groups in total. The first kappa shape index (κ1) is 22.2. The van der Waals surface area contributed by atoms with E-state index >= 15 is 0 Å². The maximum Gasteiger partial charge on any atom is 0.243 e. The van der Waals surface area contributed by atoms with Crippen LogP contribution >= 0.6 is 11.6 Å². The summed E-state index contributed by atoms with van der Waals surface area (Å²) in [6.07, 6.45) is 0. The molecule has 0 heterocycles. The Balaban J connectivity index is 2.13. The molecule has 2 rings (SSSR count). The number of amides is 1. The van der Waals surface area contributed by atoms with Gasteiger partial charge in [-0.1, -0.05) is 44.5 Å². The van der Waals surface area contributed by atoms with Crippen molar-refractivity contribution in [2.24, 2.45) is 0 Å². The van der Waals surface area contributed by atoms with E-state index in [2.05, 4.69) is 26.1 Å². The third-order valence-corrected chi connectivity index (χ3v) is 6.28. The summed E-state index contributed by atoms with van der Waals surface area (Å²) in [7, 11) is -0.965. The Morgan fingerprint density at radius 3 is 2.29 bits per heavy atom. The Kier molecular flexibility index (Phi) is 6.75. The van der Waals surface area contributed by atoms with Crippen LogP contribution in [0.5, 0.6) is 5.75 Å². The van der Waals surface area contributed by atoms with Gasteiger partial charge in [0.1, 0.15) is 5.75 Å². The van der Waals surface area contributed by atoms with Crippen molar-refractivity contribution in [2.75, 3.05) is 26.0 Å². The highest BCUT2D eigenvalue weighted by Crippen LogP contribution is 2.28. The maximum atomic E-state index is 12.8. The highest BCUT2D eigenvalue weighted by molar-refractivity contribution is 7.89. The zero-order valence-corrected chi connectivity index (χ0v) is 18.2. The fraction of sp³-hybridized carbons (Fsp3) is 0.350. The van der Waals surface area contributed by atoms with E-state index in [4.69, 9.17) is 16.3 Å². The van der Waals surface area contributed by atoms with Gasteiger partial charge < -0.3 is 10.1 Å². The lowest BCUT2D eigenvalue weighted by Gasteiger charge is -2.21. The number of halogens is 1. The zero-order chi connectivity index (χ0) is 21.1. The van der Waals surface area contributed by atoms with Crippen molar-refractivity contribution in [3.05, 3.63) is 53.1 Å². The number of rotatable bonds is 6. The fourth-order valence-corrected chi connectivity index (χ4v) is 3.86. The summed E-state index contributed by atoms with van der Waals surface area (Å²) in [6, 6.07) is 11.5. The van der Waals surface area contributed by atoms with E-state index in [1.807, 2.05) is 0 Å². The molecule has 28 heavy (non-hydrogen) atoms. The van der Waals surface area contributed by atoms with Gasteiger partial charge in [0.2, 0.25) is 15.9 Å². The van der Waals surface area contributed by atoms with Crippen LogP contribution in [0, 0.1) is 0 Å². The van der Waals surface area contributed by atoms with E-state index < -0.39 is 15.9 Å². The number of hydrogen-bond acceptors (Lipinski definition) is 4. The van der Waals surface area contributed by atoms with Crippen LogP contribution in [-0.2, 0) is 20.2 Å². The van der Waals surface area contributed by atoms with Crippen LogP contribution in [0.3, 0.4) is 0 Å². The van der Waals surface area contributed by atoms with Gasteiger partial charge in [0.25, 0.3) is 0 Å². The van der Waals surface area contributed by atoms with Crippen molar-refractivity contribution in [3.8, 4) is 5.75 Å². The van der Waals surface area contributed by atoms with Crippen molar-refractivity contribution >= 4 is 33.2 Å². The van der Waals surface area contributed by atoms with Crippen LogP contribution in [-0.4, -0.2) is 39.3 Å². The predicted molar refractivity (Wildman–Crippen MR) is 112 cm³/mol. The van der Waals surface area contributed by atoms with Crippen molar-refractivity contribution in [1.82, 2.24) is 4.31 Å². The third kappa shape index (κ3) is 5.25.